The number of ether oxygens (including phenoxy) is 10. The van der Waals surface area contributed by atoms with Gasteiger partial charge in [0.05, 0.1) is 65.9 Å². The topological polar surface area (TPSA) is 596 Å². The molecular formula is C58H104N6O33. The van der Waals surface area contributed by atoms with Gasteiger partial charge in [-0.15, -0.1) is 0 Å². The van der Waals surface area contributed by atoms with Crippen LogP contribution in [-0.4, -0.2) is 396 Å². The molecule has 5 heterocycles. The van der Waals surface area contributed by atoms with E-state index in [4.69, 9.17) is 47.4 Å². The number of hydrogen-bond donors (Lipinski definition) is 22. The lowest BCUT2D eigenvalue weighted by molar-refractivity contribution is -0.366. The fraction of sp³-hybridized carbons (Fsp3) is 0.914. The average Bonchev–Trinajstić information content (AvgIpc) is 0.793. The van der Waals surface area contributed by atoms with Gasteiger partial charge in [0.1, 0.15) is 128 Å². The summed E-state index contributed by atoms with van der Waals surface area (Å²) in [5.74, 6) is -2.08. The molecular weight excluding hydrogens is 1310 g/mol. The van der Waals surface area contributed by atoms with Gasteiger partial charge in [-0.1, -0.05) is 26.7 Å². The van der Waals surface area contributed by atoms with E-state index in [-0.39, 0.29) is 103 Å². The Hall–Kier alpha value is -3.81. The zero-order chi connectivity index (χ0) is 71.6. The number of aliphatic hydroxyl groups excluding tert-OH is 18. The molecule has 0 aromatic rings. The first-order chi connectivity index (χ1) is 46.2. The van der Waals surface area contributed by atoms with Crippen LogP contribution in [0, 0.1) is 0 Å². The minimum atomic E-state index is -1.95. The number of nitrogens with one attached hydrogen (secondary N) is 4. The van der Waals surface area contributed by atoms with Crippen molar-refractivity contribution >= 4 is 29.5 Å². The van der Waals surface area contributed by atoms with Crippen LogP contribution in [0.4, 0.5) is 0 Å². The molecule has 5 aliphatic heterocycles. The first-order valence-corrected chi connectivity index (χ1v) is 32.7. The number of aliphatic hydroxyl groups is 18. The summed E-state index contributed by atoms with van der Waals surface area (Å²) >= 11 is 0. The van der Waals surface area contributed by atoms with Crippen molar-refractivity contribution in [2.45, 2.75) is 231 Å². The van der Waals surface area contributed by atoms with Crippen molar-refractivity contribution in [3.8, 4) is 0 Å². The molecule has 0 unspecified atom stereocenters. The summed E-state index contributed by atoms with van der Waals surface area (Å²) in [4.78, 5) is 68.2. The number of likely N-dealkylation sites (N-methyl/N-ethyl adjacent to an activating group) is 1. The van der Waals surface area contributed by atoms with E-state index in [1.807, 2.05) is 0 Å². The maximum atomic E-state index is 13.5. The van der Waals surface area contributed by atoms with E-state index < -0.39 is 204 Å². The Morgan fingerprint density at radius 3 is 1.31 bits per heavy atom. The van der Waals surface area contributed by atoms with E-state index in [1.165, 1.54) is 4.90 Å². The minimum absolute atomic E-state index is 0.00893. The molecule has 26 atom stereocenters. The highest BCUT2D eigenvalue weighted by atomic mass is 16.8. The van der Waals surface area contributed by atoms with Crippen LogP contribution in [0.1, 0.15) is 71.6 Å². The van der Waals surface area contributed by atoms with E-state index in [0.717, 1.165) is 0 Å². The molecule has 39 heteroatoms. The number of hydrogen-bond acceptors (Lipinski definition) is 34. The van der Waals surface area contributed by atoms with E-state index in [9.17, 15) is 116 Å². The van der Waals surface area contributed by atoms with Gasteiger partial charge in [-0.25, -0.2) is 0 Å². The van der Waals surface area contributed by atoms with Gasteiger partial charge in [0.2, 0.25) is 29.5 Å². The molecule has 0 aromatic heterocycles. The smallest absolute Gasteiger partial charge is 0.242 e. The zero-order valence-electron chi connectivity index (χ0n) is 54.3. The average molecular weight is 1410 g/mol. The molecule has 39 nitrogen and oxygen atoms in total. The van der Waals surface area contributed by atoms with Crippen molar-refractivity contribution < 1.29 is 163 Å². The molecule has 5 rings (SSSR count). The van der Waals surface area contributed by atoms with Crippen LogP contribution in [0.3, 0.4) is 0 Å². The van der Waals surface area contributed by atoms with Crippen LogP contribution in [-0.2, 0) is 71.3 Å². The normalized spacial score (nSPS) is 35.8. The lowest BCUT2D eigenvalue weighted by Crippen LogP contribution is -2.65. The van der Waals surface area contributed by atoms with Crippen molar-refractivity contribution in [1.82, 2.24) is 31.1 Å². The second-order valence-electron chi connectivity index (χ2n) is 24.2. The third kappa shape index (κ3) is 24.7. The minimum Gasteiger partial charge on any atom is -0.394 e. The Bertz CT molecular complexity index is 2270. The van der Waals surface area contributed by atoms with Crippen molar-refractivity contribution in [2.75, 3.05) is 105 Å². The fourth-order valence-corrected chi connectivity index (χ4v) is 11.1. The predicted molar refractivity (Wildman–Crippen MR) is 321 cm³/mol. The molecule has 22 N–H and O–H groups in total. The van der Waals surface area contributed by atoms with Crippen LogP contribution in [0.5, 0.6) is 0 Å². The van der Waals surface area contributed by atoms with Crippen LogP contribution in [0.25, 0.3) is 0 Å². The Morgan fingerprint density at radius 1 is 0.412 bits per heavy atom. The molecule has 0 spiro atoms. The van der Waals surface area contributed by atoms with Crippen molar-refractivity contribution in [1.29, 1.82) is 0 Å². The van der Waals surface area contributed by atoms with E-state index in [0.29, 0.717) is 45.1 Å². The van der Waals surface area contributed by atoms with Crippen LogP contribution < -0.4 is 21.3 Å². The van der Waals surface area contributed by atoms with Gasteiger partial charge in [0.25, 0.3) is 0 Å². The molecule has 5 amide bonds. The van der Waals surface area contributed by atoms with Crippen molar-refractivity contribution in [2.24, 2.45) is 0 Å². The molecule has 0 saturated carbocycles. The van der Waals surface area contributed by atoms with Gasteiger partial charge in [0.15, 0.2) is 31.5 Å². The molecule has 0 radical (unpaired) electrons. The zero-order valence-corrected chi connectivity index (χ0v) is 54.3. The van der Waals surface area contributed by atoms with E-state index in [2.05, 4.69) is 21.3 Å². The summed E-state index contributed by atoms with van der Waals surface area (Å²) in [6, 6.07) is -0.895. The van der Waals surface area contributed by atoms with Gasteiger partial charge in [0, 0.05) is 45.6 Å². The Kier molecular flexibility index (Phi) is 36.8. The Labute approximate surface area is 558 Å². The van der Waals surface area contributed by atoms with Gasteiger partial charge < -0.3 is 165 Å². The molecule has 0 bridgehead atoms. The maximum Gasteiger partial charge on any atom is 0.242 e. The summed E-state index contributed by atoms with van der Waals surface area (Å²) in [5, 5.41) is 195. The van der Waals surface area contributed by atoms with Gasteiger partial charge in [-0.05, 0) is 38.6 Å². The summed E-state index contributed by atoms with van der Waals surface area (Å²) in [5.41, 5.74) is 0. The first kappa shape index (κ1) is 83.8. The number of nitrogens with zero attached hydrogens (tertiary/aromatic N) is 2. The molecule has 5 saturated heterocycles. The molecule has 0 aromatic carbocycles. The largest absolute Gasteiger partial charge is 0.394 e. The second kappa shape index (κ2) is 42.6. The third-order valence-corrected chi connectivity index (χ3v) is 17.1. The third-order valence-electron chi connectivity index (χ3n) is 17.1. The highest BCUT2D eigenvalue weighted by Gasteiger charge is 2.53. The monoisotopic (exact) mass is 1410 g/mol. The maximum absolute atomic E-state index is 13.5. The van der Waals surface area contributed by atoms with Gasteiger partial charge in [-0.3, -0.25) is 28.9 Å². The summed E-state index contributed by atoms with van der Waals surface area (Å²) in [7, 11) is 0. The lowest BCUT2D eigenvalue weighted by atomic mass is 9.96. The first-order valence-electron chi connectivity index (χ1n) is 32.7. The van der Waals surface area contributed by atoms with Gasteiger partial charge in [-0.2, -0.15) is 0 Å². The molecule has 5 fully saturated rings. The number of carbonyl (C=O) groups is 5. The fourth-order valence-electron chi connectivity index (χ4n) is 11.1. The molecule has 97 heavy (non-hydrogen) atoms. The van der Waals surface area contributed by atoms with Crippen LogP contribution in [0.15, 0.2) is 0 Å². The number of rotatable bonds is 41. The van der Waals surface area contributed by atoms with Crippen molar-refractivity contribution in [3.63, 3.8) is 0 Å². The number of amides is 5. The Balaban J connectivity index is 0.964. The lowest BCUT2D eigenvalue weighted by Gasteiger charge is -2.46. The summed E-state index contributed by atoms with van der Waals surface area (Å²) in [6.07, 6.45) is -38.2. The van der Waals surface area contributed by atoms with Gasteiger partial charge >= 0.3 is 0 Å². The standard InChI is InChI=1S/C58H104N6O33/c1-3-28(53(87)61-14-10-6-8-12-37(72)64(16-19-89-54-47(82)43(78)38(73)29(23-65)92-54)17-20-90-55-48(83)44(79)39(74)30(24-66)93-55)62-36(71)22-63(4-2)21-35(70)59-13-9-5-7-11-34(69)60-15-18-88-57-51(86)52(97-58-50(85)46(81)41(76)32(26-68)95-58)42(77)33(96-57)27-91-56-49(84)45(80)40(75)31(25-67)94-56/h28-33,38-52,54-58,65-68,73-86H,3-27H2,1-2H3,(H,59,70)(H,60,69)(H,61,87)(H,62,71)/t28-,29+,30+,31+,32+,33+,38+,39+,40+,41+,42+,43-,44-,45-,46-,47-,48-,49-,50-,51-,52-,54-,55-,56-,57-,58+/m0/s1. The number of carbonyl (C=O) groups excluding carboxylic acids is 5. The summed E-state index contributed by atoms with van der Waals surface area (Å²) in [6.45, 7) is -0.876. The summed E-state index contributed by atoms with van der Waals surface area (Å²) < 4.78 is 55.3. The number of unbranched alkanes of at least 4 members (excludes halogenated alkanes) is 4. The SMILES string of the molecule is CC[C@H](NC(=O)CN(CC)CC(=O)NCCCCCC(=O)NCCO[C@H]1O[C@H](CO[C@H]2O[C@H](CO)[C@@H](O)[C@H](O)[C@@H]2O)[C@@H](O)[C@H](O[C@H]2O[C@H](CO)[C@@H](O)[C@H](O)[C@@H]2O)[C@@H]1O)C(=O)NCCCCCC(=O)N(CCO[C@H]1O[C@H](CO)[C@@H](O)[C@H](O)[C@@H]1O)CCO[C@H]1O[C@H](CO)[C@@H](O)[C@H](O)[C@@H]1O. The van der Waals surface area contributed by atoms with Crippen molar-refractivity contribution in [3.05, 3.63) is 0 Å². The van der Waals surface area contributed by atoms with Crippen LogP contribution >= 0.6 is 0 Å². The van der Waals surface area contributed by atoms with Crippen LogP contribution in [0.2, 0.25) is 0 Å². The highest BCUT2D eigenvalue weighted by Crippen LogP contribution is 2.32. The van der Waals surface area contributed by atoms with E-state index >= 15 is 0 Å². The molecule has 0 aliphatic carbocycles. The second-order valence-corrected chi connectivity index (χ2v) is 24.2. The molecule has 5 aliphatic rings. The highest BCUT2D eigenvalue weighted by molar-refractivity contribution is 5.88. The quantitative estimate of drug-likeness (QED) is 0.0253. The predicted octanol–water partition coefficient (Wildman–Crippen LogP) is -12.4. The molecule has 564 valence electrons. The van der Waals surface area contributed by atoms with E-state index in [1.54, 1.807) is 18.7 Å². The Morgan fingerprint density at radius 2 is 0.825 bits per heavy atom.